The second-order valence-electron chi connectivity index (χ2n) is 6.52. The second kappa shape index (κ2) is 7.79. The molecule has 0 atom stereocenters. The second-order valence-corrected chi connectivity index (χ2v) is 6.93. The van der Waals surface area contributed by atoms with Gasteiger partial charge in [0.25, 0.3) is 0 Å². The fourth-order valence-corrected chi connectivity index (χ4v) is 3.34. The minimum absolute atomic E-state index is 0.0802. The van der Waals surface area contributed by atoms with E-state index >= 15 is 0 Å². The van der Waals surface area contributed by atoms with Crippen molar-refractivity contribution in [3.8, 4) is 22.6 Å². The van der Waals surface area contributed by atoms with E-state index in [0.29, 0.717) is 22.9 Å². The van der Waals surface area contributed by atoms with E-state index in [4.69, 9.17) is 16.0 Å². The van der Waals surface area contributed by atoms with Crippen molar-refractivity contribution >= 4 is 17.4 Å². The highest BCUT2D eigenvalue weighted by atomic mass is 35.5. The van der Waals surface area contributed by atoms with Crippen LogP contribution in [0.1, 0.15) is 21.5 Å². The predicted octanol–water partition coefficient (Wildman–Crippen LogP) is 5.79. The van der Waals surface area contributed by atoms with Crippen LogP contribution < -0.4 is 0 Å². The molecule has 5 heteroatoms. The third-order valence-corrected chi connectivity index (χ3v) is 4.93. The van der Waals surface area contributed by atoms with E-state index in [2.05, 4.69) is 9.97 Å². The Balaban J connectivity index is 1.58. The summed E-state index contributed by atoms with van der Waals surface area (Å²) >= 11 is 6.40. The van der Waals surface area contributed by atoms with Crippen LogP contribution in [0.5, 0.6) is 0 Å². The SMILES string of the molecule is Cc1cnccc1C(=O)Cc1ccc(-c2cc(-c3ncco3)ccc2Cl)cc1. The van der Waals surface area contributed by atoms with Crippen LogP contribution in [0.4, 0.5) is 0 Å². The maximum absolute atomic E-state index is 12.6. The zero-order valence-corrected chi connectivity index (χ0v) is 16.0. The zero-order chi connectivity index (χ0) is 19.5. The van der Waals surface area contributed by atoms with Crippen molar-refractivity contribution in [2.75, 3.05) is 0 Å². The van der Waals surface area contributed by atoms with Gasteiger partial charge in [0, 0.05) is 40.5 Å². The highest BCUT2D eigenvalue weighted by Crippen LogP contribution is 2.32. The molecule has 0 N–H and O–H groups in total. The largest absolute Gasteiger partial charge is 0.445 e. The van der Waals surface area contributed by atoms with E-state index in [1.54, 1.807) is 30.9 Å². The van der Waals surface area contributed by atoms with Crippen LogP contribution in [0.15, 0.2) is 77.8 Å². The number of benzene rings is 2. The summed E-state index contributed by atoms with van der Waals surface area (Å²) in [6.07, 6.45) is 6.85. The van der Waals surface area contributed by atoms with Crippen LogP contribution in [0, 0.1) is 6.92 Å². The lowest BCUT2D eigenvalue weighted by molar-refractivity contribution is 0.0992. The van der Waals surface area contributed by atoms with Crippen molar-refractivity contribution in [1.29, 1.82) is 0 Å². The Morgan fingerprint density at radius 2 is 1.82 bits per heavy atom. The van der Waals surface area contributed by atoms with Crippen molar-refractivity contribution in [1.82, 2.24) is 9.97 Å². The highest BCUT2D eigenvalue weighted by Gasteiger charge is 2.12. The first-order valence-electron chi connectivity index (χ1n) is 8.84. The van der Waals surface area contributed by atoms with Gasteiger partial charge in [-0.25, -0.2) is 4.98 Å². The van der Waals surface area contributed by atoms with E-state index in [-0.39, 0.29) is 5.78 Å². The molecule has 0 amide bonds. The molecule has 28 heavy (non-hydrogen) atoms. The fraction of sp³-hybridized carbons (Fsp3) is 0.0870. The quantitative estimate of drug-likeness (QED) is 0.406. The molecule has 0 bridgehead atoms. The molecule has 0 saturated heterocycles. The number of carbonyl (C=O) groups is 1. The number of aryl methyl sites for hydroxylation is 1. The monoisotopic (exact) mass is 388 g/mol. The molecule has 2 aromatic carbocycles. The van der Waals surface area contributed by atoms with Gasteiger partial charge >= 0.3 is 0 Å². The first-order chi connectivity index (χ1) is 13.6. The van der Waals surface area contributed by atoms with Crippen LogP contribution in [0.25, 0.3) is 22.6 Å². The molecule has 0 aliphatic carbocycles. The zero-order valence-electron chi connectivity index (χ0n) is 15.2. The topological polar surface area (TPSA) is 56.0 Å². The van der Waals surface area contributed by atoms with Gasteiger partial charge in [-0.05, 0) is 47.9 Å². The van der Waals surface area contributed by atoms with Gasteiger partial charge in [0.05, 0.1) is 6.20 Å². The molecular weight excluding hydrogens is 372 g/mol. The average Bonchev–Trinajstić information content (AvgIpc) is 3.24. The van der Waals surface area contributed by atoms with Crippen molar-refractivity contribution in [2.24, 2.45) is 0 Å². The number of ketones is 1. The molecule has 0 aliphatic heterocycles. The van der Waals surface area contributed by atoms with Crippen LogP contribution in [0.2, 0.25) is 5.02 Å². The normalized spacial score (nSPS) is 10.8. The Hall–Kier alpha value is -3.24. The van der Waals surface area contributed by atoms with E-state index in [1.807, 2.05) is 49.4 Å². The molecule has 0 fully saturated rings. The number of carbonyl (C=O) groups excluding carboxylic acids is 1. The number of hydrogen-bond donors (Lipinski definition) is 0. The molecule has 4 rings (SSSR count). The Morgan fingerprint density at radius 3 is 2.54 bits per heavy atom. The molecule has 0 saturated carbocycles. The van der Waals surface area contributed by atoms with Crippen molar-refractivity contribution in [3.63, 3.8) is 0 Å². The lowest BCUT2D eigenvalue weighted by Crippen LogP contribution is -2.05. The van der Waals surface area contributed by atoms with E-state index in [1.165, 1.54) is 0 Å². The summed E-state index contributed by atoms with van der Waals surface area (Å²) in [6.45, 7) is 1.90. The van der Waals surface area contributed by atoms with Crippen LogP contribution in [0.3, 0.4) is 0 Å². The van der Waals surface area contributed by atoms with Crippen molar-refractivity contribution < 1.29 is 9.21 Å². The molecule has 0 spiro atoms. The van der Waals surface area contributed by atoms with Gasteiger partial charge in [-0.3, -0.25) is 9.78 Å². The smallest absolute Gasteiger partial charge is 0.225 e. The molecule has 0 radical (unpaired) electrons. The van der Waals surface area contributed by atoms with Crippen LogP contribution in [-0.4, -0.2) is 15.8 Å². The number of pyridine rings is 1. The minimum atomic E-state index is 0.0802. The number of aromatic nitrogens is 2. The maximum Gasteiger partial charge on any atom is 0.225 e. The summed E-state index contributed by atoms with van der Waals surface area (Å²) in [5.74, 6) is 0.629. The van der Waals surface area contributed by atoms with Crippen molar-refractivity contribution in [2.45, 2.75) is 13.3 Å². The van der Waals surface area contributed by atoms with E-state index < -0.39 is 0 Å². The standard InChI is InChI=1S/C23H17ClN2O2/c1-15-14-25-9-8-19(15)22(27)12-16-2-4-17(5-3-16)20-13-18(6-7-21(20)24)23-26-10-11-28-23/h2-11,13-14H,12H2,1H3. The molecule has 2 heterocycles. The van der Waals surface area contributed by atoms with Crippen molar-refractivity contribution in [3.05, 3.63) is 95.1 Å². The minimum Gasteiger partial charge on any atom is -0.445 e. The van der Waals surface area contributed by atoms with Gasteiger partial charge in [-0.15, -0.1) is 0 Å². The summed E-state index contributed by atoms with van der Waals surface area (Å²) in [6, 6.07) is 15.3. The summed E-state index contributed by atoms with van der Waals surface area (Å²) in [5, 5.41) is 0.645. The highest BCUT2D eigenvalue weighted by molar-refractivity contribution is 6.33. The van der Waals surface area contributed by atoms with Crippen LogP contribution >= 0.6 is 11.6 Å². The molecular formula is C23H17ClN2O2. The average molecular weight is 389 g/mol. The first-order valence-corrected chi connectivity index (χ1v) is 9.22. The number of Topliss-reactive ketones (excluding diaryl/α,β-unsaturated/α-hetero) is 1. The number of hydrogen-bond acceptors (Lipinski definition) is 4. The Bertz CT molecular complexity index is 1120. The molecule has 0 unspecified atom stereocenters. The lowest BCUT2D eigenvalue weighted by atomic mass is 9.97. The number of halogens is 1. The van der Waals surface area contributed by atoms with Gasteiger partial charge in [-0.1, -0.05) is 35.9 Å². The molecule has 138 valence electrons. The first kappa shape index (κ1) is 18.1. The van der Waals surface area contributed by atoms with Gasteiger partial charge in [0.1, 0.15) is 6.26 Å². The molecule has 2 aromatic heterocycles. The van der Waals surface area contributed by atoms with Gasteiger partial charge in [-0.2, -0.15) is 0 Å². The maximum atomic E-state index is 12.6. The Morgan fingerprint density at radius 1 is 1.04 bits per heavy atom. The third-order valence-electron chi connectivity index (χ3n) is 4.60. The predicted molar refractivity (Wildman–Crippen MR) is 109 cm³/mol. The third kappa shape index (κ3) is 3.73. The fourth-order valence-electron chi connectivity index (χ4n) is 3.11. The number of rotatable bonds is 5. The van der Waals surface area contributed by atoms with Crippen LogP contribution in [-0.2, 0) is 6.42 Å². The lowest BCUT2D eigenvalue weighted by Gasteiger charge is -2.08. The summed E-state index contributed by atoms with van der Waals surface area (Å²) in [5.41, 5.74) is 5.26. The van der Waals surface area contributed by atoms with Gasteiger partial charge < -0.3 is 4.42 Å². The van der Waals surface area contributed by atoms with Gasteiger partial charge in [0.2, 0.25) is 5.89 Å². The Kier molecular flexibility index (Phi) is 5.04. The number of nitrogens with zero attached hydrogens (tertiary/aromatic N) is 2. The summed E-state index contributed by atoms with van der Waals surface area (Å²) in [7, 11) is 0. The number of oxazole rings is 1. The van der Waals surface area contributed by atoms with Gasteiger partial charge in [0.15, 0.2) is 5.78 Å². The molecule has 4 aromatic rings. The molecule has 4 nitrogen and oxygen atoms in total. The Labute approximate surface area is 167 Å². The van der Waals surface area contributed by atoms with E-state index in [0.717, 1.165) is 27.8 Å². The summed E-state index contributed by atoms with van der Waals surface area (Å²) < 4.78 is 5.37. The summed E-state index contributed by atoms with van der Waals surface area (Å²) in [4.78, 5) is 20.8. The molecule has 0 aliphatic rings. The van der Waals surface area contributed by atoms with E-state index in [9.17, 15) is 4.79 Å².